The van der Waals surface area contributed by atoms with Crippen molar-refractivity contribution in [3.8, 4) is 11.1 Å². The summed E-state index contributed by atoms with van der Waals surface area (Å²) in [6, 6.07) is 12.2. The number of fused-ring (bicyclic) bond motifs is 4. The molecule has 0 aliphatic heterocycles. The summed E-state index contributed by atoms with van der Waals surface area (Å²) in [5.41, 5.74) is 11.2. The van der Waals surface area contributed by atoms with E-state index in [1.54, 1.807) is 11.1 Å². The summed E-state index contributed by atoms with van der Waals surface area (Å²) >= 11 is 0. The molecule has 0 heteroatoms. The molecular formula is C25H32. The first-order valence-corrected chi connectivity index (χ1v) is 9.73. The van der Waals surface area contributed by atoms with Gasteiger partial charge in [0.25, 0.3) is 0 Å². The molecule has 2 aromatic rings. The van der Waals surface area contributed by atoms with Gasteiger partial charge in [0.15, 0.2) is 0 Å². The van der Waals surface area contributed by atoms with Crippen LogP contribution in [0.4, 0.5) is 0 Å². The molecule has 0 saturated carbocycles. The molecule has 0 saturated heterocycles. The molecule has 132 valence electrons. The Hall–Kier alpha value is -1.56. The zero-order chi connectivity index (χ0) is 18.4. The molecule has 2 aliphatic carbocycles. The smallest absolute Gasteiger partial charge is 0.0158 e. The predicted molar refractivity (Wildman–Crippen MR) is 109 cm³/mol. The highest BCUT2D eigenvalue weighted by Crippen LogP contribution is 2.55. The summed E-state index contributed by atoms with van der Waals surface area (Å²) in [5.74, 6) is 0.706. The Balaban J connectivity index is 1.90. The lowest BCUT2D eigenvalue weighted by Gasteiger charge is -2.41. The van der Waals surface area contributed by atoms with Gasteiger partial charge in [0, 0.05) is 5.41 Å². The van der Waals surface area contributed by atoms with Crippen molar-refractivity contribution in [1.29, 1.82) is 0 Å². The van der Waals surface area contributed by atoms with Crippen LogP contribution in [-0.4, -0.2) is 0 Å². The number of rotatable bonds is 0. The lowest BCUT2D eigenvalue weighted by atomic mass is 9.63. The van der Waals surface area contributed by atoms with Gasteiger partial charge in [0.2, 0.25) is 0 Å². The molecule has 0 amide bonds. The van der Waals surface area contributed by atoms with Crippen LogP contribution in [0.2, 0.25) is 0 Å². The molecule has 0 bridgehead atoms. The molecule has 1 unspecified atom stereocenters. The van der Waals surface area contributed by atoms with Crippen molar-refractivity contribution < 1.29 is 0 Å². The van der Waals surface area contributed by atoms with Crippen LogP contribution in [0.5, 0.6) is 0 Å². The number of benzene rings is 2. The Bertz CT molecular complexity index is 866. The summed E-state index contributed by atoms with van der Waals surface area (Å²) in [6.07, 6.45) is 1.24. The van der Waals surface area contributed by atoms with Crippen molar-refractivity contribution >= 4 is 0 Å². The van der Waals surface area contributed by atoms with Crippen LogP contribution in [0.3, 0.4) is 0 Å². The predicted octanol–water partition coefficient (Wildman–Crippen LogP) is 6.98. The highest BCUT2D eigenvalue weighted by atomic mass is 14.4. The number of hydrogen-bond acceptors (Lipinski definition) is 0. The Kier molecular flexibility index (Phi) is 3.23. The van der Waals surface area contributed by atoms with Crippen LogP contribution in [0.15, 0.2) is 30.3 Å². The Labute approximate surface area is 153 Å². The minimum absolute atomic E-state index is 0.105. The highest BCUT2D eigenvalue weighted by molar-refractivity contribution is 5.83. The fourth-order valence-corrected chi connectivity index (χ4v) is 4.80. The first kappa shape index (κ1) is 16.9. The summed E-state index contributed by atoms with van der Waals surface area (Å²) < 4.78 is 0. The van der Waals surface area contributed by atoms with Gasteiger partial charge < -0.3 is 0 Å². The van der Waals surface area contributed by atoms with E-state index in [2.05, 4.69) is 85.7 Å². The summed E-state index contributed by atoms with van der Waals surface area (Å²) in [5, 5.41) is 0. The first-order chi connectivity index (χ1) is 11.4. The van der Waals surface area contributed by atoms with Crippen LogP contribution in [0.25, 0.3) is 11.1 Å². The van der Waals surface area contributed by atoms with Crippen molar-refractivity contribution in [2.45, 2.75) is 78.6 Å². The average molecular weight is 333 g/mol. The van der Waals surface area contributed by atoms with Gasteiger partial charge in [-0.25, -0.2) is 0 Å². The second kappa shape index (κ2) is 4.78. The summed E-state index contributed by atoms with van der Waals surface area (Å²) in [4.78, 5) is 0. The van der Waals surface area contributed by atoms with E-state index in [9.17, 15) is 0 Å². The van der Waals surface area contributed by atoms with Gasteiger partial charge in [-0.2, -0.15) is 0 Å². The Morgan fingerprint density at radius 3 is 2.08 bits per heavy atom. The molecule has 0 heterocycles. The van der Waals surface area contributed by atoms with Crippen LogP contribution in [0.1, 0.15) is 89.1 Å². The maximum absolute atomic E-state index is 2.54. The van der Waals surface area contributed by atoms with Crippen LogP contribution in [0, 0.1) is 5.41 Å². The zero-order valence-corrected chi connectivity index (χ0v) is 17.2. The maximum atomic E-state index is 2.54. The minimum atomic E-state index is 0.105. The fourth-order valence-electron chi connectivity index (χ4n) is 4.80. The topological polar surface area (TPSA) is 0 Å². The second-order valence-electron chi connectivity index (χ2n) is 10.9. The highest BCUT2D eigenvalue weighted by Gasteiger charge is 2.41. The van der Waals surface area contributed by atoms with Gasteiger partial charge in [-0.15, -0.1) is 0 Å². The molecular weight excluding hydrogens is 300 g/mol. The van der Waals surface area contributed by atoms with E-state index in [1.807, 2.05) is 0 Å². The third-order valence-electron chi connectivity index (χ3n) is 6.65. The molecule has 2 aliphatic rings. The molecule has 0 spiro atoms. The molecule has 0 nitrogen and oxygen atoms in total. The van der Waals surface area contributed by atoms with Gasteiger partial charge >= 0.3 is 0 Å². The van der Waals surface area contributed by atoms with E-state index >= 15 is 0 Å². The third kappa shape index (κ3) is 2.33. The van der Waals surface area contributed by atoms with Gasteiger partial charge in [-0.3, -0.25) is 0 Å². The zero-order valence-electron chi connectivity index (χ0n) is 17.2. The van der Waals surface area contributed by atoms with E-state index in [4.69, 9.17) is 0 Å². The van der Waals surface area contributed by atoms with Gasteiger partial charge in [0.1, 0.15) is 0 Å². The van der Waals surface area contributed by atoms with E-state index < -0.39 is 0 Å². The molecule has 1 atom stereocenters. The Morgan fingerprint density at radius 2 is 1.48 bits per heavy atom. The fraction of sp³-hybridized carbons (Fsp3) is 0.520. The average Bonchev–Trinajstić information content (AvgIpc) is 2.65. The molecule has 0 radical (unpaired) electrons. The standard InChI is InChI=1S/C25H32/c1-23(2,3)16-9-10-20-19(13-16)18-11-15-12-21(24(4,5)6)17(15)14-22(18)25(20,7)8/h9-11,13-14,21H,12H2,1-8H3. The van der Waals surface area contributed by atoms with Gasteiger partial charge in [-0.1, -0.05) is 85.7 Å². The monoisotopic (exact) mass is 332 g/mol. The van der Waals surface area contributed by atoms with E-state index in [1.165, 1.54) is 34.2 Å². The quantitative estimate of drug-likeness (QED) is 0.488. The summed E-state index contributed by atoms with van der Waals surface area (Å²) in [6.45, 7) is 18.8. The lowest BCUT2D eigenvalue weighted by Crippen LogP contribution is -2.30. The van der Waals surface area contributed by atoms with E-state index in [0.717, 1.165) is 0 Å². The van der Waals surface area contributed by atoms with Gasteiger partial charge in [0.05, 0.1) is 0 Å². The van der Waals surface area contributed by atoms with Crippen molar-refractivity contribution in [3.05, 3.63) is 58.1 Å². The largest absolute Gasteiger partial charge is 0.0596 e. The normalized spacial score (nSPS) is 20.6. The van der Waals surface area contributed by atoms with Crippen molar-refractivity contribution in [3.63, 3.8) is 0 Å². The number of hydrogen-bond donors (Lipinski definition) is 0. The molecule has 4 rings (SSSR count). The van der Waals surface area contributed by atoms with E-state index in [-0.39, 0.29) is 10.8 Å². The minimum Gasteiger partial charge on any atom is -0.0596 e. The van der Waals surface area contributed by atoms with Crippen LogP contribution < -0.4 is 0 Å². The molecule has 0 fully saturated rings. The molecule has 0 N–H and O–H groups in total. The summed E-state index contributed by atoms with van der Waals surface area (Å²) in [7, 11) is 0. The first-order valence-electron chi connectivity index (χ1n) is 9.73. The Morgan fingerprint density at radius 1 is 0.840 bits per heavy atom. The van der Waals surface area contributed by atoms with E-state index in [0.29, 0.717) is 11.3 Å². The lowest BCUT2D eigenvalue weighted by molar-refractivity contribution is 0.291. The second-order valence-corrected chi connectivity index (χ2v) is 10.9. The third-order valence-corrected chi connectivity index (χ3v) is 6.65. The van der Waals surface area contributed by atoms with Crippen molar-refractivity contribution in [2.24, 2.45) is 5.41 Å². The SMILES string of the molecule is CC(C)(C)c1ccc2c(c1)-c1cc3c(cc1C2(C)C)C(C(C)(C)C)C3. The molecule has 25 heavy (non-hydrogen) atoms. The maximum Gasteiger partial charge on any atom is 0.0158 e. The van der Waals surface area contributed by atoms with Crippen LogP contribution >= 0.6 is 0 Å². The molecule has 2 aromatic carbocycles. The van der Waals surface area contributed by atoms with Gasteiger partial charge in [-0.05, 0) is 62.1 Å². The van der Waals surface area contributed by atoms with Crippen molar-refractivity contribution in [1.82, 2.24) is 0 Å². The van der Waals surface area contributed by atoms with Crippen molar-refractivity contribution in [2.75, 3.05) is 0 Å². The molecule has 0 aromatic heterocycles. The van der Waals surface area contributed by atoms with Crippen LogP contribution in [-0.2, 0) is 17.3 Å².